The van der Waals surface area contributed by atoms with Crippen molar-refractivity contribution in [2.24, 2.45) is 10.8 Å². The van der Waals surface area contributed by atoms with Crippen LogP contribution in [0.3, 0.4) is 0 Å². The van der Waals surface area contributed by atoms with Gasteiger partial charge in [0, 0.05) is 16.7 Å². The fourth-order valence-electron chi connectivity index (χ4n) is 2.85. The van der Waals surface area contributed by atoms with Crippen molar-refractivity contribution in [2.45, 2.75) is 31.5 Å². The molecule has 12 heteroatoms. The van der Waals surface area contributed by atoms with E-state index < -0.39 is 53.7 Å². The van der Waals surface area contributed by atoms with Crippen LogP contribution in [0.2, 0.25) is 0 Å². The Morgan fingerprint density at radius 2 is 1.88 bits per heavy atom. The molecule has 32 heavy (non-hydrogen) atoms. The number of hydrogen-bond acceptors (Lipinski definition) is 6. The zero-order valence-electron chi connectivity index (χ0n) is 16.8. The predicted octanol–water partition coefficient (Wildman–Crippen LogP) is 3.91. The average molecular weight is 455 g/mol. The quantitative estimate of drug-likeness (QED) is 0.0849. The molecule has 1 unspecified atom stereocenters. The minimum atomic E-state index is -1.76. The Hall–Kier alpha value is -3.18. The first-order valence-electron chi connectivity index (χ1n) is 9.56. The van der Waals surface area contributed by atoms with Crippen LogP contribution in [0.25, 0.3) is 10.4 Å². The summed E-state index contributed by atoms with van der Waals surface area (Å²) in [6.07, 6.45) is -0.138. The summed E-state index contributed by atoms with van der Waals surface area (Å²) in [5.74, 6) is -8.94. The van der Waals surface area contributed by atoms with E-state index in [9.17, 15) is 27.5 Å². The number of hydrogen-bond donors (Lipinski definition) is 3. The number of aliphatic hydroxyl groups is 1. The van der Waals surface area contributed by atoms with E-state index in [2.05, 4.69) is 15.3 Å². The molecule has 0 aliphatic heterocycles. The van der Waals surface area contributed by atoms with Crippen molar-refractivity contribution in [1.82, 2.24) is 5.32 Å². The second-order valence-electron chi connectivity index (χ2n) is 6.74. The van der Waals surface area contributed by atoms with Gasteiger partial charge >= 0.3 is 0 Å². The van der Waals surface area contributed by atoms with Gasteiger partial charge in [0.2, 0.25) is 11.6 Å². The SMILES string of the molecule is [N-]=[N+]=Nc1cccc(C(O)N[C@@H](CCCCN)C(=O)COc2c(F)c(F)cc(F)c2F)c1. The van der Waals surface area contributed by atoms with Crippen molar-refractivity contribution in [3.05, 3.63) is 69.6 Å². The van der Waals surface area contributed by atoms with Crippen molar-refractivity contribution in [3.8, 4) is 5.75 Å². The van der Waals surface area contributed by atoms with E-state index in [1.54, 1.807) is 0 Å². The first-order chi connectivity index (χ1) is 15.3. The van der Waals surface area contributed by atoms with Crippen LogP contribution in [0.15, 0.2) is 35.4 Å². The van der Waals surface area contributed by atoms with E-state index in [1.807, 2.05) is 0 Å². The monoisotopic (exact) mass is 455 g/mol. The van der Waals surface area contributed by atoms with Gasteiger partial charge in [-0.3, -0.25) is 10.1 Å². The van der Waals surface area contributed by atoms with E-state index in [0.29, 0.717) is 19.4 Å². The summed E-state index contributed by atoms with van der Waals surface area (Å²) in [6, 6.07) is 4.95. The van der Waals surface area contributed by atoms with Crippen molar-refractivity contribution in [3.63, 3.8) is 0 Å². The van der Waals surface area contributed by atoms with E-state index in [1.165, 1.54) is 24.3 Å². The van der Waals surface area contributed by atoms with Crippen LogP contribution in [0.1, 0.15) is 31.1 Å². The lowest BCUT2D eigenvalue weighted by Crippen LogP contribution is -2.41. The molecular formula is C20H21F4N5O3. The molecule has 8 nitrogen and oxygen atoms in total. The van der Waals surface area contributed by atoms with Crippen molar-refractivity contribution in [1.29, 1.82) is 0 Å². The second-order valence-corrected chi connectivity index (χ2v) is 6.74. The maximum atomic E-state index is 13.8. The molecule has 172 valence electrons. The maximum Gasteiger partial charge on any atom is 0.203 e. The normalized spacial score (nSPS) is 12.7. The smallest absolute Gasteiger partial charge is 0.203 e. The van der Waals surface area contributed by atoms with Gasteiger partial charge in [0.05, 0.1) is 6.04 Å². The van der Waals surface area contributed by atoms with E-state index in [-0.39, 0.29) is 23.7 Å². The highest BCUT2D eigenvalue weighted by Crippen LogP contribution is 2.26. The minimum absolute atomic E-state index is 0.0252. The Bertz CT molecular complexity index is 975. The van der Waals surface area contributed by atoms with Gasteiger partial charge in [-0.15, -0.1) is 0 Å². The molecule has 2 rings (SSSR count). The number of unbranched alkanes of at least 4 members (excludes halogenated alkanes) is 1. The molecule has 0 aliphatic rings. The molecule has 0 aromatic heterocycles. The molecule has 0 fully saturated rings. The molecule has 0 spiro atoms. The zero-order chi connectivity index (χ0) is 23.7. The highest BCUT2D eigenvalue weighted by Gasteiger charge is 2.25. The van der Waals surface area contributed by atoms with Crippen molar-refractivity contribution < 1.29 is 32.2 Å². The minimum Gasteiger partial charge on any atom is -0.479 e. The Labute approximate surface area is 180 Å². The topological polar surface area (TPSA) is 133 Å². The van der Waals surface area contributed by atoms with Crippen molar-refractivity contribution in [2.75, 3.05) is 13.2 Å². The number of ether oxygens (including phenoxy) is 1. The summed E-state index contributed by atoms with van der Waals surface area (Å²) >= 11 is 0. The number of azide groups is 1. The second kappa shape index (κ2) is 12.0. The van der Waals surface area contributed by atoms with E-state index >= 15 is 0 Å². The number of nitrogens with two attached hydrogens (primary N) is 1. The number of Topliss-reactive ketones (excluding diaryl/α,β-unsaturated/α-hetero) is 1. The van der Waals surface area contributed by atoms with Gasteiger partial charge in [-0.25, -0.2) is 8.78 Å². The van der Waals surface area contributed by atoms with Gasteiger partial charge in [-0.05, 0) is 36.5 Å². The third-order valence-electron chi connectivity index (χ3n) is 4.47. The zero-order valence-corrected chi connectivity index (χ0v) is 16.8. The molecule has 2 atom stereocenters. The highest BCUT2D eigenvalue weighted by atomic mass is 19.2. The van der Waals surface area contributed by atoms with Gasteiger partial charge in [-0.1, -0.05) is 29.7 Å². The lowest BCUT2D eigenvalue weighted by atomic mass is 10.0. The predicted molar refractivity (Wildman–Crippen MR) is 107 cm³/mol. The number of aliphatic hydroxyl groups excluding tert-OH is 1. The number of benzene rings is 2. The van der Waals surface area contributed by atoms with Gasteiger partial charge in [-0.2, -0.15) is 8.78 Å². The van der Waals surface area contributed by atoms with Crippen LogP contribution in [0.5, 0.6) is 5.75 Å². The van der Waals surface area contributed by atoms with Crippen LogP contribution in [-0.2, 0) is 4.79 Å². The first-order valence-corrected chi connectivity index (χ1v) is 9.56. The Balaban J connectivity index is 2.15. The van der Waals surface area contributed by atoms with Crippen LogP contribution in [0.4, 0.5) is 23.2 Å². The number of carbonyl (C=O) groups is 1. The summed E-state index contributed by atoms with van der Waals surface area (Å²) in [5.41, 5.74) is 14.5. The first kappa shape index (κ1) is 25.1. The molecule has 0 saturated carbocycles. The molecule has 4 N–H and O–H groups in total. The number of nitrogens with zero attached hydrogens (tertiary/aromatic N) is 3. The number of rotatable bonds is 12. The van der Waals surface area contributed by atoms with Crippen LogP contribution < -0.4 is 15.8 Å². The van der Waals surface area contributed by atoms with Crippen LogP contribution in [-0.4, -0.2) is 30.1 Å². The number of halogens is 4. The lowest BCUT2D eigenvalue weighted by Gasteiger charge is -2.22. The molecule has 0 aliphatic carbocycles. The molecule has 0 radical (unpaired) electrons. The fourth-order valence-corrected chi connectivity index (χ4v) is 2.85. The number of ketones is 1. The molecule has 2 aromatic rings. The largest absolute Gasteiger partial charge is 0.479 e. The van der Waals surface area contributed by atoms with Crippen LogP contribution in [0, 0.1) is 23.3 Å². The standard InChI is InChI=1S/C20H21F4N5O3/c21-13-9-14(22)18(24)19(17(13)23)32-10-16(30)15(6-1-2-7-25)27-20(31)11-4-3-5-12(8-11)28-29-26/h3-5,8-9,15,20,27,31H,1-2,6-7,10,25H2/t15-,20?/m0/s1. The number of carbonyl (C=O) groups excluding carboxylic acids is 1. The van der Waals surface area contributed by atoms with Gasteiger partial charge in [0.15, 0.2) is 23.2 Å². The van der Waals surface area contributed by atoms with Gasteiger partial charge < -0.3 is 15.6 Å². The summed E-state index contributed by atoms with van der Waals surface area (Å²) in [5, 5.41) is 16.5. The maximum absolute atomic E-state index is 13.8. The molecule has 2 aromatic carbocycles. The third kappa shape index (κ3) is 6.66. The van der Waals surface area contributed by atoms with Crippen LogP contribution >= 0.6 is 0 Å². The molecule has 0 saturated heterocycles. The lowest BCUT2D eigenvalue weighted by molar-refractivity contribution is -0.124. The van der Waals surface area contributed by atoms with Gasteiger partial charge in [0.25, 0.3) is 0 Å². The third-order valence-corrected chi connectivity index (χ3v) is 4.47. The summed E-state index contributed by atoms with van der Waals surface area (Å²) in [4.78, 5) is 15.3. The highest BCUT2D eigenvalue weighted by molar-refractivity contribution is 5.85. The molecule has 0 heterocycles. The summed E-state index contributed by atoms with van der Waals surface area (Å²) < 4.78 is 58.9. The summed E-state index contributed by atoms with van der Waals surface area (Å²) in [7, 11) is 0. The number of nitrogens with one attached hydrogen (secondary N) is 1. The van der Waals surface area contributed by atoms with E-state index in [0.717, 1.165) is 0 Å². The Morgan fingerprint density at radius 1 is 1.19 bits per heavy atom. The molecule has 0 amide bonds. The molecular weight excluding hydrogens is 434 g/mol. The average Bonchev–Trinajstić information content (AvgIpc) is 2.77. The fraction of sp³-hybridized carbons (Fsp3) is 0.350. The Morgan fingerprint density at radius 3 is 2.50 bits per heavy atom. The van der Waals surface area contributed by atoms with Crippen molar-refractivity contribution >= 4 is 11.5 Å². The summed E-state index contributed by atoms with van der Waals surface area (Å²) in [6.45, 7) is -0.560. The van der Waals surface area contributed by atoms with E-state index in [4.69, 9.17) is 16.0 Å². The Kier molecular flexibility index (Phi) is 9.41. The van der Waals surface area contributed by atoms with Gasteiger partial charge in [0.1, 0.15) is 12.8 Å². The molecule has 0 bridgehead atoms.